The fraction of sp³-hybridized carbons (Fsp3) is 0.667. The monoisotopic (exact) mass is 165 g/mol. The predicted molar refractivity (Wildman–Crippen MR) is 47.9 cm³/mol. The van der Waals surface area contributed by atoms with E-state index in [1.54, 1.807) is 0 Å². The molecule has 1 aliphatic heterocycles. The average Bonchev–Trinajstić information content (AvgIpc) is 2.32. The SMILES string of the molecule is CN1Cc2cn[nH]c2C(C)(C)C1. The number of aromatic nitrogens is 2. The molecule has 0 saturated heterocycles. The van der Waals surface area contributed by atoms with Crippen molar-refractivity contribution in [2.45, 2.75) is 25.8 Å². The number of likely N-dealkylation sites (N-methyl/N-ethyl adjacent to an activating group) is 1. The van der Waals surface area contributed by atoms with Crippen LogP contribution in [0, 0.1) is 0 Å². The Bertz CT molecular complexity index is 288. The van der Waals surface area contributed by atoms with Crippen LogP contribution in [0.15, 0.2) is 6.20 Å². The minimum Gasteiger partial charge on any atom is -0.301 e. The normalized spacial score (nSPS) is 22.2. The zero-order valence-corrected chi connectivity index (χ0v) is 7.89. The van der Waals surface area contributed by atoms with E-state index in [1.807, 2.05) is 6.20 Å². The lowest BCUT2D eigenvalue weighted by molar-refractivity contribution is 0.232. The van der Waals surface area contributed by atoms with Crippen LogP contribution in [0.1, 0.15) is 25.1 Å². The maximum Gasteiger partial charge on any atom is 0.0535 e. The highest BCUT2D eigenvalue weighted by Gasteiger charge is 2.31. The van der Waals surface area contributed by atoms with E-state index in [9.17, 15) is 0 Å². The molecule has 2 rings (SSSR count). The van der Waals surface area contributed by atoms with E-state index in [4.69, 9.17) is 0 Å². The van der Waals surface area contributed by atoms with Crippen molar-refractivity contribution in [2.75, 3.05) is 13.6 Å². The molecule has 66 valence electrons. The van der Waals surface area contributed by atoms with Gasteiger partial charge in [-0.3, -0.25) is 5.10 Å². The van der Waals surface area contributed by atoms with E-state index in [0.29, 0.717) is 0 Å². The van der Waals surface area contributed by atoms with Crippen LogP contribution in [0.5, 0.6) is 0 Å². The zero-order chi connectivity index (χ0) is 8.77. The van der Waals surface area contributed by atoms with Crippen molar-refractivity contribution in [1.82, 2.24) is 15.1 Å². The first-order chi connectivity index (χ1) is 5.59. The first-order valence-corrected chi connectivity index (χ1v) is 4.31. The van der Waals surface area contributed by atoms with Crippen LogP contribution in [0.2, 0.25) is 0 Å². The fourth-order valence-corrected chi connectivity index (χ4v) is 2.12. The highest BCUT2D eigenvalue weighted by Crippen LogP contribution is 2.30. The number of aromatic amines is 1. The summed E-state index contributed by atoms with van der Waals surface area (Å²) in [6, 6.07) is 0. The molecule has 0 saturated carbocycles. The lowest BCUT2D eigenvalue weighted by Crippen LogP contribution is -2.39. The Kier molecular flexibility index (Phi) is 1.51. The Labute approximate surface area is 72.8 Å². The van der Waals surface area contributed by atoms with Gasteiger partial charge in [0.15, 0.2) is 0 Å². The maximum absolute atomic E-state index is 4.08. The summed E-state index contributed by atoms with van der Waals surface area (Å²) < 4.78 is 0. The molecular weight excluding hydrogens is 150 g/mol. The Morgan fingerprint density at radius 3 is 3.08 bits per heavy atom. The van der Waals surface area contributed by atoms with E-state index in [2.05, 4.69) is 36.0 Å². The van der Waals surface area contributed by atoms with Crippen LogP contribution in [0.4, 0.5) is 0 Å². The zero-order valence-electron chi connectivity index (χ0n) is 7.89. The highest BCUT2D eigenvalue weighted by molar-refractivity contribution is 5.27. The Balaban J connectivity index is 2.45. The Hall–Kier alpha value is -0.830. The molecule has 0 atom stereocenters. The van der Waals surface area contributed by atoms with E-state index in [-0.39, 0.29) is 5.41 Å². The molecule has 0 amide bonds. The first-order valence-electron chi connectivity index (χ1n) is 4.31. The quantitative estimate of drug-likeness (QED) is 0.625. The minimum absolute atomic E-state index is 0.221. The molecule has 2 heterocycles. The number of H-pyrrole nitrogens is 1. The summed E-state index contributed by atoms with van der Waals surface area (Å²) in [5.41, 5.74) is 2.87. The van der Waals surface area contributed by atoms with Gasteiger partial charge in [-0.05, 0) is 7.05 Å². The number of rotatable bonds is 0. The first kappa shape index (κ1) is 7.80. The molecule has 3 nitrogen and oxygen atoms in total. The lowest BCUT2D eigenvalue weighted by Gasteiger charge is -2.35. The number of nitrogens with one attached hydrogen (secondary N) is 1. The van der Waals surface area contributed by atoms with Crippen molar-refractivity contribution in [3.05, 3.63) is 17.5 Å². The third kappa shape index (κ3) is 1.05. The highest BCUT2D eigenvalue weighted by atomic mass is 15.2. The Morgan fingerprint density at radius 1 is 1.58 bits per heavy atom. The number of nitrogens with zero attached hydrogens (tertiary/aromatic N) is 2. The molecule has 0 radical (unpaired) electrons. The minimum atomic E-state index is 0.221. The summed E-state index contributed by atoms with van der Waals surface area (Å²) in [6.07, 6.45) is 1.94. The molecule has 0 aliphatic carbocycles. The Morgan fingerprint density at radius 2 is 2.33 bits per heavy atom. The lowest BCUT2D eigenvalue weighted by atomic mass is 9.83. The summed E-state index contributed by atoms with van der Waals surface area (Å²) in [4.78, 5) is 2.33. The second kappa shape index (κ2) is 2.33. The van der Waals surface area contributed by atoms with Gasteiger partial charge >= 0.3 is 0 Å². The van der Waals surface area contributed by atoms with Gasteiger partial charge in [0, 0.05) is 29.8 Å². The molecule has 0 spiro atoms. The van der Waals surface area contributed by atoms with Gasteiger partial charge in [0.25, 0.3) is 0 Å². The largest absolute Gasteiger partial charge is 0.301 e. The number of fused-ring (bicyclic) bond motifs is 1. The van der Waals surface area contributed by atoms with E-state index < -0.39 is 0 Å². The van der Waals surface area contributed by atoms with Crippen molar-refractivity contribution >= 4 is 0 Å². The van der Waals surface area contributed by atoms with Crippen molar-refractivity contribution in [2.24, 2.45) is 0 Å². The van der Waals surface area contributed by atoms with Crippen LogP contribution in [-0.2, 0) is 12.0 Å². The maximum atomic E-state index is 4.08. The molecule has 3 heteroatoms. The molecule has 12 heavy (non-hydrogen) atoms. The molecule has 0 fully saturated rings. The summed E-state index contributed by atoms with van der Waals surface area (Å²) >= 11 is 0. The molecule has 1 aromatic heterocycles. The van der Waals surface area contributed by atoms with Gasteiger partial charge < -0.3 is 4.90 Å². The number of hydrogen-bond acceptors (Lipinski definition) is 2. The summed E-state index contributed by atoms with van der Waals surface area (Å²) in [7, 11) is 2.15. The summed E-state index contributed by atoms with van der Waals surface area (Å²) in [6.45, 7) is 6.62. The fourth-order valence-electron chi connectivity index (χ4n) is 2.12. The van der Waals surface area contributed by atoms with Gasteiger partial charge in [-0.2, -0.15) is 5.10 Å². The van der Waals surface area contributed by atoms with E-state index >= 15 is 0 Å². The summed E-state index contributed by atoms with van der Waals surface area (Å²) in [5.74, 6) is 0. The van der Waals surface area contributed by atoms with Crippen LogP contribution in [0.25, 0.3) is 0 Å². The van der Waals surface area contributed by atoms with Gasteiger partial charge in [-0.1, -0.05) is 13.8 Å². The third-order valence-corrected chi connectivity index (χ3v) is 2.50. The molecule has 0 unspecified atom stereocenters. The van der Waals surface area contributed by atoms with E-state index in [0.717, 1.165) is 13.1 Å². The topological polar surface area (TPSA) is 31.9 Å². The van der Waals surface area contributed by atoms with Crippen molar-refractivity contribution in [3.8, 4) is 0 Å². The molecule has 1 N–H and O–H groups in total. The van der Waals surface area contributed by atoms with Crippen molar-refractivity contribution in [3.63, 3.8) is 0 Å². The van der Waals surface area contributed by atoms with Gasteiger partial charge in [0.1, 0.15) is 0 Å². The predicted octanol–water partition coefficient (Wildman–Crippen LogP) is 1.13. The van der Waals surface area contributed by atoms with Crippen LogP contribution in [0.3, 0.4) is 0 Å². The molecule has 1 aliphatic rings. The van der Waals surface area contributed by atoms with E-state index in [1.165, 1.54) is 11.3 Å². The van der Waals surface area contributed by atoms with Gasteiger partial charge in [0.05, 0.1) is 6.20 Å². The van der Waals surface area contributed by atoms with Gasteiger partial charge in [-0.15, -0.1) is 0 Å². The van der Waals surface area contributed by atoms with Crippen LogP contribution < -0.4 is 0 Å². The second-order valence-electron chi connectivity index (χ2n) is 4.33. The third-order valence-electron chi connectivity index (χ3n) is 2.50. The van der Waals surface area contributed by atoms with Crippen LogP contribution in [-0.4, -0.2) is 28.7 Å². The van der Waals surface area contributed by atoms with Crippen molar-refractivity contribution < 1.29 is 0 Å². The second-order valence-corrected chi connectivity index (χ2v) is 4.33. The average molecular weight is 165 g/mol. The molecular formula is C9H15N3. The van der Waals surface area contributed by atoms with Gasteiger partial charge in [-0.25, -0.2) is 0 Å². The molecule has 0 aromatic carbocycles. The van der Waals surface area contributed by atoms with Crippen LogP contribution >= 0.6 is 0 Å². The summed E-state index contributed by atoms with van der Waals surface area (Å²) in [5, 5.41) is 7.17. The number of hydrogen-bond donors (Lipinski definition) is 1. The van der Waals surface area contributed by atoms with Gasteiger partial charge in [0.2, 0.25) is 0 Å². The smallest absolute Gasteiger partial charge is 0.0535 e. The van der Waals surface area contributed by atoms with Crippen molar-refractivity contribution in [1.29, 1.82) is 0 Å². The molecule has 0 bridgehead atoms. The standard InChI is InChI=1S/C9H15N3/c1-9(2)6-12(3)5-7-4-10-11-8(7)9/h4H,5-6H2,1-3H3,(H,10,11). The molecule has 1 aromatic rings.